The highest BCUT2D eigenvalue weighted by Gasteiger charge is 2.16. The first-order valence-electron chi connectivity index (χ1n) is 9.17. The van der Waals surface area contributed by atoms with Crippen LogP contribution >= 0.6 is 0 Å². The Bertz CT molecular complexity index is 856. The van der Waals surface area contributed by atoms with Crippen molar-refractivity contribution in [2.24, 2.45) is 0 Å². The van der Waals surface area contributed by atoms with Crippen LogP contribution in [0, 0.1) is 6.92 Å². The number of rotatable bonds is 7. The average Bonchev–Trinajstić information content (AvgIpc) is 3.38. The van der Waals surface area contributed by atoms with Crippen LogP contribution in [0.4, 0.5) is 5.95 Å². The number of nitrogens with zero attached hydrogens (tertiary/aromatic N) is 4. The second kappa shape index (κ2) is 8.32. The van der Waals surface area contributed by atoms with Crippen LogP contribution in [0.3, 0.4) is 0 Å². The zero-order valence-electron chi connectivity index (χ0n) is 15.4. The van der Waals surface area contributed by atoms with Crippen molar-refractivity contribution in [1.82, 2.24) is 20.0 Å². The molecule has 0 amide bonds. The summed E-state index contributed by atoms with van der Waals surface area (Å²) in [6, 6.07) is 3.75. The summed E-state index contributed by atoms with van der Waals surface area (Å²) in [6.07, 6.45) is 6.08. The molecule has 4 heterocycles. The molecule has 3 aromatic heterocycles. The molecule has 0 aromatic carbocycles. The Balaban J connectivity index is 1.45. The van der Waals surface area contributed by atoms with Crippen LogP contribution in [0.15, 0.2) is 39.8 Å². The topological polar surface area (TPSA) is 89.5 Å². The van der Waals surface area contributed by atoms with Crippen LogP contribution < -0.4 is 5.32 Å². The van der Waals surface area contributed by atoms with E-state index in [0.717, 1.165) is 68.3 Å². The minimum atomic E-state index is 0.591. The van der Waals surface area contributed by atoms with Gasteiger partial charge in [0.15, 0.2) is 5.76 Å². The summed E-state index contributed by atoms with van der Waals surface area (Å²) in [5.74, 6) is 1.23. The molecule has 1 aliphatic heterocycles. The van der Waals surface area contributed by atoms with Crippen LogP contribution in [0.5, 0.6) is 0 Å². The highest BCUT2D eigenvalue weighted by molar-refractivity contribution is 5.77. The minimum Gasteiger partial charge on any atom is -0.472 e. The van der Waals surface area contributed by atoms with Crippen molar-refractivity contribution in [3.63, 3.8) is 0 Å². The molecule has 0 spiro atoms. The van der Waals surface area contributed by atoms with Gasteiger partial charge in [0.25, 0.3) is 0 Å². The number of aryl methyl sites for hydroxylation is 1. The summed E-state index contributed by atoms with van der Waals surface area (Å²) in [6.45, 7) is 7.40. The number of anilines is 1. The molecule has 8 heteroatoms. The number of nitrogens with one attached hydrogen (secondary N) is 1. The summed E-state index contributed by atoms with van der Waals surface area (Å²) in [5.41, 5.74) is 3.23. The van der Waals surface area contributed by atoms with Crippen molar-refractivity contribution in [2.45, 2.75) is 13.3 Å². The molecular formula is C19H23N5O3. The van der Waals surface area contributed by atoms with Gasteiger partial charge < -0.3 is 19.0 Å². The van der Waals surface area contributed by atoms with Gasteiger partial charge >= 0.3 is 0 Å². The van der Waals surface area contributed by atoms with Crippen molar-refractivity contribution in [2.75, 3.05) is 44.7 Å². The monoisotopic (exact) mass is 369 g/mol. The maximum atomic E-state index is 5.40. The standard InChI is InChI=1S/C19H23N5O3/c1-14-11-17(27-23-14)16-12-21-19(22-18(16)15-3-8-26-13-15)20-4-2-5-24-6-9-25-10-7-24/h3,8,11-13H,2,4-7,9-10H2,1H3,(H,20,21,22). The SMILES string of the molecule is Cc1cc(-c2cnc(NCCCN3CCOCC3)nc2-c2ccoc2)on1. The van der Waals surface area contributed by atoms with Gasteiger partial charge in [-0.15, -0.1) is 0 Å². The van der Waals surface area contributed by atoms with Crippen LogP contribution in [-0.2, 0) is 4.74 Å². The Morgan fingerprint density at radius 3 is 2.89 bits per heavy atom. The third-order valence-corrected chi connectivity index (χ3v) is 4.51. The van der Waals surface area contributed by atoms with E-state index in [1.54, 1.807) is 18.7 Å². The molecule has 0 aliphatic carbocycles. The van der Waals surface area contributed by atoms with Crippen LogP contribution in [0.2, 0.25) is 0 Å². The lowest BCUT2D eigenvalue weighted by Gasteiger charge is -2.26. The second-order valence-electron chi connectivity index (χ2n) is 6.53. The summed E-state index contributed by atoms with van der Waals surface area (Å²) >= 11 is 0. The number of morpholine rings is 1. The van der Waals surface area contributed by atoms with E-state index in [4.69, 9.17) is 13.7 Å². The number of ether oxygens (including phenoxy) is 1. The number of hydrogen-bond acceptors (Lipinski definition) is 8. The Morgan fingerprint density at radius 2 is 2.15 bits per heavy atom. The highest BCUT2D eigenvalue weighted by Crippen LogP contribution is 2.31. The van der Waals surface area contributed by atoms with Crippen molar-refractivity contribution in [1.29, 1.82) is 0 Å². The predicted octanol–water partition coefficient (Wildman–Crippen LogP) is 2.83. The van der Waals surface area contributed by atoms with Gasteiger partial charge in [0.2, 0.25) is 5.95 Å². The lowest BCUT2D eigenvalue weighted by atomic mass is 10.1. The molecule has 1 aliphatic rings. The molecule has 1 saturated heterocycles. The fraction of sp³-hybridized carbons (Fsp3) is 0.421. The molecule has 8 nitrogen and oxygen atoms in total. The average molecular weight is 369 g/mol. The van der Waals surface area contributed by atoms with Crippen LogP contribution in [0.25, 0.3) is 22.6 Å². The summed E-state index contributed by atoms with van der Waals surface area (Å²) in [5, 5.41) is 7.27. The van der Waals surface area contributed by atoms with E-state index in [0.29, 0.717) is 11.7 Å². The summed E-state index contributed by atoms with van der Waals surface area (Å²) < 4.78 is 16.0. The Kier molecular flexibility index (Phi) is 5.45. The Morgan fingerprint density at radius 1 is 1.26 bits per heavy atom. The lowest BCUT2D eigenvalue weighted by Crippen LogP contribution is -2.37. The van der Waals surface area contributed by atoms with Gasteiger partial charge in [-0.1, -0.05) is 5.16 Å². The Hall–Kier alpha value is -2.71. The molecule has 1 fully saturated rings. The van der Waals surface area contributed by atoms with E-state index >= 15 is 0 Å². The van der Waals surface area contributed by atoms with Crippen molar-refractivity contribution in [3.8, 4) is 22.6 Å². The summed E-state index contributed by atoms with van der Waals surface area (Å²) in [7, 11) is 0. The third kappa shape index (κ3) is 4.35. The van der Waals surface area contributed by atoms with E-state index < -0.39 is 0 Å². The van der Waals surface area contributed by atoms with Gasteiger partial charge in [-0.3, -0.25) is 4.90 Å². The second-order valence-corrected chi connectivity index (χ2v) is 6.53. The molecule has 0 saturated carbocycles. The highest BCUT2D eigenvalue weighted by atomic mass is 16.5. The molecule has 0 unspecified atom stereocenters. The molecule has 27 heavy (non-hydrogen) atoms. The van der Waals surface area contributed by atoms with Gasteiger partial charge in [0.1, 0.15) is 0 Å². The van der Waals surface area contributed by atoms with Crippen molar-refractivity contribution in [3.05, 3.63) is 36.5 Å². The molecule has 0 atom stereocenters. The molecule has 0 bridgehead atoms. The zero-order chi connectivity index (χ0) is 18.5. The normalized spacial score (nSPS) is 15.1. The van der Waals surface area contributed by atoms with Crippen LogP contribution in [-0.4, -0.2) is 59.4 Å². The van der Waals surface area contributed by atoms with Crippen molar-refractivity contribution >= 4 is 5.95 Å². The first kappa shape index (κ1) is 17.7. The fourth-order valence-corrected chi connectivity index (χ4v) is 3.08. The molecule has 0 radical (unpaired) electrons. The number of aromatic nitrogens is 3. The quantitative estimate of drug-likeness (QED) is 0.636. The van der Waals surface area contributed by atoms with Gasteiger partial charge in [-0.2, -0.15) is 0 Å². The van der Waals surface area contributed by atoms with E-state index in [-0.39, 0.29) is 0 Å². The zero-order valence-corrected chi connectivity index (χ0v) is 15.4. The molecule has 3 aromatic rings. The lowest BCUT2D eigenvalue weighted by molar-refractivity contribution is 0.0378. The van der Waals surface area contributed by atoms with Gasteiger partial charge in [-0.25, -0.2) is 9.97 Å². The first-order valence-corrected chi connectivity index (χ1v) is 9.17. The van der Waals surface area contributed by atoms with Gasteiger partial charge in [-0.05, 0) is 26.0 Å². The third-order valence-electron chi connectivity index (χ3n) is 4.51. The minimum absolute atomic E-state index is 0.591. The molecular weight excluding hydrogens is 346 g/mol. The van der Waals surface area contributed by atoms with E-state index in [1.165, 1.54) is 0 Å². The van der Waals surface area contributed by atoms with Gasteiger partial charge in [0, 0.05) is 37.5 Å². The predicted molar refractivity (Wildman–Crippen MR) is 100 cm³/mol. The van der Waals surface area contributed by atoms with E-state index in [9.17, 15) is 0 Å². The van der Waals surface area contributed by atoms with E-state index in [2.05, 4.69) is 25.3 Å². The fourth-order valence-electron chi connectivity index (χ4n) is 3.08. The smallest absolute Gasteiger partial charge is 0.223 e. The van der Waals surface area contributed by atoms with Crippen LogP contribution in [0.1, 0.15) is 12.1 Å². The number of hydrogen-bond donors (Lipinski definition) is 1. The van der Waals surface area contributed by atoms with E-state index in [1.807, 2.05) is 19.1 Å². The first-order chi connectivity index (χ1) is 13.3. The summed E-state index contributed by atoms with van der Waals surface area (Å²) in [4.78, 5) is 11.5. The molecule has 1 N–H and O–H groups in total. The maximum Gasteiger partial charge on any atom is 0.223 e. The number of furan rings is 1. The Labute approximate surface area is 157 Å². The maximum absolute atomic E-state index is 5.40. The van der Waals surface area contributed by atoms with Crippen molar-refractivity contribution < 1.29 is 13.7 Å². The van der Waals surface area contributed by atoms with Gasteiger partial charge in [0.05, 0.1) is 42.7 Å². The largest absolute Gasteiger partial charge is 0.472 e. The molecule has 4 rings (SSSR count). The molecule has 142 valence electrons.